The Morgan fingerprint density at radius 1 is 0.941 bits per heavy atom. The predicted molar refractivity (Wildman–Crippen MR) is 74.4 cm³/mol. The van der Waals surface area contributed by atoms with Crippen molar-refractivity contribution >= 4 is 15.9 Å². The number of ether oxygens (including phenoxy) is 1. The number of halogens is 1. The lowest BCUT2D eigenvalue weighted by Crippen LogP contribution is -1.96. The van der Waals surface area contributed by atoms with Gasteiger partial charge in [-0.2, -0.15) is 0 Å². The van der Waals surface area contributed by atoms with Crippen molar-refractivity contribution in [1.82, 2.24) is 0 Å². The minimum Gasteiger partial charge on any atom is -0.488 e. The van der Waals surface area contributed by atoms with E-state index in [9.17, 15) is 0 Å². The normalized spacial score (nSPS) is 10.3. The van der Waals surface area contributed by atoms with Gasteiger partial charge >= 0.3 is 0 Å². The zero-order chi connectivity index (χ0) is 12.3. The summed E-state index contributed by atoms with van der Waals surface area (Å²) in [5.41, 5.74) is 3.67. The summed E-state index contributed by atoms with van der Waals surface area (Å²) < 4.78 is 6.78. The molecule has 1 nitrogen and oxygen atoms in total. The van der Waals surface area contributed by atoms with E-state index in [0.717, 1.165) is 10.2 Å². The summed E-state index contributed by atoms with van der Waals surface area (Å²) in [7, 11) is 0. The third kappa shape index (κ3) is 3.34. The first-order chi connectivity index (χ1) is 8.15. The second-order valence-electron chi connectivity index (χ2n) is 4.21. The van der Waals surface area contributed by atoms with Crippen LogP contribution in [0, 0.1) is 13.8 Å². The Labute approximate surface area is 111 Å². The Hall–Kier alpha value is -1.28. The van der Waals surface area contributed by atoms with Crippen molar-refractivity contribution in [3.05, 3.63) is 63.6 Å². The summed E-state index contributed by atoms with van der Waals surface area (Å²) in [6, 6.07) is 14.5. The molecular formula is C15H15BrO. The summed E-state index contributed by atoms with van der Waals surface area (Å²) in [6.45, 7) is 4.75. The van der Waals surface area contributed by atoms with Gasteiger partial charge in [-0.15, -0.1) is 0 Å². The number of benzene rings is 2. The second kappa shape index (κ2) is 5.37. The lowest BCUT2D eigenvalue weighted by Gasteiger charge is -2.09. The van der Waals surface area contributed by atoms with Crippen LogP contribution in [0.2, 0.25) is 0 Å². The molecule has 0 unspecified atom stereocenters. The van der Waals surface area contributed by atoms with Gasteiger partial charge in [0, 0.05) is 0 Å². The lowest BCUT2D eigenvalue weighted by molar-refractivity contribution is 0.304. The Morgan fingerprint density at radius 2 is 1.59 bits per heavy atom. The molecule has 0 aliphatic rings. The van der Waals surface area contributed by atoms with Gasteiger partial charge < -0.3 is 4.74 Å². The molecule has 0 atom stereocenters. The molecule has 0 saturated heterocycles. The molecule has 2 rings (SSSR count). The summed E-state index contributed by atoms with van der Waals surface area (Å²) in [5, 5.41) is 0. The minimum atomic E-state index is 0.599. The number of hydrogen-bond donors (Lipinski definition) is 0. The van der Waals surface area contributed by atoms with Gasteiger partial charge in [0.1, 0.15) is 12.4 Å². The smallest absolute Gasteiger partial charge is 0.134 e. The summed E-state index contributed by atoms with van der Waals surface area (Å²) in [5.74, 6) is 0.885. The van der Waals surface area contributed by atoms with E-state index < -0.39 is 0 Å². The van der Waals surface area contributed by atoms with Crippen molar-refractivity contribution in [3.63, 3.8) is 0 Å². The van der Waals surface area contributed by atoms with Crippen LogP contribution < -0.4 is 4.74 Å². The molecule has 2 aromatic carbocycles. The molecule has 0 aromatic heterocycles. The fraction of sp³-hybridized carbons (Fsp3) is 0.200. The van der Waals surface area contributed by atoms with E-state index in [1.54, 1.807) is 0 Å². The maximum Gasteiger partial charge on any atom is 0.134 e. The van der Waals surface area contributed by atoms with Crippen LogP contribution in [0.5, 0.6) is 5.75 Å². The van der Waals surface area contributed by atoms with Crippen LogP contribution in [0.4, 0.5) is 0 Å². The van der Waals surface area contributed by atoms with Crippen LogP contribution in [-0.2, 0) is 6.61 Å². The zero-order valence-electron chi connectivity index (χ0n) is 10.0. The van der Waals surface area contributed by atoms with E-state index in [4.69, 9.17) is 4.74 Å². The SMILES string of the molecule is Cc1ccc(COc2ccc(C)cc2Br)cc1. The van der Waals surface area contributed by atoms with E-state index in [0.29, 0.717) is 6.61 Å². The van der Waals surface area contributed by atoms with E-state index >= 15 is 0 Å². The highest BCUT2D eigenvalue weighted by molar-refractivity contribution is 9.10. The second-order valence-corrected chi connectivity index (χ2v) is 5.06. The molecule has 17 heavy (non-hydrogen) atoms. The molecule has 0 amide bonds. The lowest BCUT2D eigenvalue weighted by atomic mass is 10.2. The summed E-state index contributed by atoms with van der Waals surface area (Å²) in [4.78, 5) is 0. The summed E-state index contributed by atoms with van der Waals surface area (Å²) >= 11 is 3.51. The van der Waals surface area contributed by atoms with Crippen molar-refractivity contribution in [1.29, 1.82) is 0 Å². The van der Waals surface area contributed by atoms with Gasteiger partial charge in [-0.25, -0.2) is 0 Å². The Balaban J connectivity index is 2.04. The van der Waals surface area contributed by atoms with Crippen LogP contribution in [-0.4, -0.2) is 0 Å². The highest BCUT2D eigenvalue weighted by Crippen LogP contribution is 2.26. The summed E-state index contributed by atoms with van der Waals surface area (Å²) in [6.07, 6.45) is 0. The van der Waals surface area contributed by atoms with Gasteiger partial charge in [0.25, 0.3) is 0 Å². The van der Waals surface area contributed by atoms with Crippen molar-refractivity contribution in [2.45, 2.75) is 20.5 Å². The average Bonchev–Trinajstić information content (AvgIpc) is 2.30. The van der Waals surface area contributed by atoms with E-state index in [2.05, 4.69) is 66.2 Å². The van der Waals surface area contributed by atoms with Crippen LogP contribution >= 0.6 is 15.9 Å². The van der Waals surface area contributed by atoms with Gasteiger partial charge in [-0.3, -0.25) is 0 Å². The molecule has 0 bridgehead atoms. The maximum absolute atomic E-state index is 5.77. The molecule has 0 aliphatic carbocycles. The molecule has 2 aromatic rings. The molecule has 0 fully saturated rings. The van der Waals surface area contributed by atoms with E-state index in [1.807, 2.05) is 6.07 Å². The van der Waals surface area contributed by atoms with Crippen molar-refractivity contribution in [2.24, 2.45) is 0 Å². The molecule has 2 heteroatoms. The standard InChI is InChI=1S/C15H15BrO/c1-11-3-6-13(7-4-11)10-17-15-8-5-12(2)9-14(15)16/h3-9H,10H2,1-2H3. The minimum absolute atomic E-state index is 0.599. The van der Waals surface area contributed by atoms with Crippen molar-refractivity contribution in [2.75, 3.05) is 0 Å². The van der Waals surface area contributed by atoms with Crippen LogP contribution in [0.25, 0.3) is 0 Å². The van der Waals surface area contributed by atoms with E-state index in [1.165, 1.54) is 16.7 Å². The first kappa shape index (κ1) is 12.2. The molecule has 88 valence electrons. The van der Waals surface area contributed by atoms with Crippen LogP contribution in [0.3, 0.4) is 0 Å². The predicted octanol–water partition coefficient (Wildman–Crippen LogP) is 4.64. The molecule has 0 heterocycles. The van der Waals surface area contributed by atoms with Gasteiger partial charge in [-0.05, 0) is 53.0 Å². The zero-order valence-corrected chi connectivity index (χ0v) is 11.6. The number of hydrogen-bond acceptors (Lipinski definition) is 1. The highest BCUT2D eigenvalue weighted by atomic mass is 79.9. The molecular weight excluding hydrogens is 276 g/mol. The fourth-order valence-electron chi connectivity index (χ4n) is 1.57. The Kier molecular flexibility index (Phi) is 3.85. The van der Waals surface area contributed by atoms with Crippen LogP contribution in [0.15, 0.2) is 46.9 Å². The van der Waals surface area contributed by atoms with E-state index in [-0.39, 0.29) is 0 Å². The van der Waals surface area contributed by atoms with Gasteiger partial charge in [0.15, 0.2) is 0 Å². The monoisotopic (exact) mass is 290 g/mol. The third-order valence-electron chi connectivity index (χ3n) is 2.60. The van der Waals surface area contributed by atoms with Gasteiger partial charge in [0.05, 0.1) is 4.47 Å². The average molecular weight is 291 g/mol. The topological polar surface area (TPSA) is 9.23 Å². The molecule has 0 radical (unpaired) electrons. The van der Waals surface area contributed by atoms with Gasteiger partial charge in [-0.1, -0.05) is 35.9 Å². The first-order valence-electron chi connectivity index (χ1n) is 5.59. The molecule has 0 N–H and O–H groups in total. The van der Waals surface area contributed by atoms with Crippen LogP contribution in [0.1, 0.15) is 16.7 Å². The quantitative estimate of drug-likeness (QED) is 0.800. The molecule has 0 spiro atoms. The maximum atomic E-state index is 5.77. The van der Waals surface area contributed by atoms with Gasteiger partial charge in [0.2, 0.25) is 0 Å². The number of aryl methyl sites for hydroxylation is 2. The van der Waals surface area contributed by atoms with Crippen molar-refractivity contribution < 1.29 is 4.74 Å². The largest absolute Gasteiger partial charge is 0.488 e. The Morgan fingerprint density at radius 3 is 2.24 bits per heavy atom. The van der Waals surface area contributed by atoms with Crippen molar-refractivity contribution in [3.8, 4) is 5.75 Å². The highest BCUT2D eigenvalue weighted by Gasteiger charge is 2.01. The molecule has 0 aliphatic heterocycles. The molecule has 0 saturated carbocycles. The first-order valence-corrected chi connectivity index (χ1v) is 6.39. The fourth-order valence-corrected chi connectivity index (χ4v) is 2.18. The third-order valence-corrected chi connectivity index (χ3v) is 3.22. The number of rotatable bonds is 3. The Bertz CT molecular complexity index is 503.